The summed E-state index contributed by atoms with van der Waals surface area (Å²) in [6.07, 6.45) is 7.62. The minimum Gasteiger partial charge on any atom is -0.352 e. The van der Waals surface area contributed by atoms with Crippen molar-refractivity contribution >= 4 is 23.1 Å². The van der Waals surface area contributed by atoms with Crippen molar-refractivity contribution in [3.63, 3.8) is 0 Å². The van der Waals surface area contributed by atoms with E-state index in [0.717, 1.165) is 42.4 Å². The molecular formula is C23H28N6O. The normalized spacial score (nSPS) is 20.0. The van der Waals surface area contributed by atoms with Crippen molar-refractivity contribution in [1.82, 2.24) is 19.5 Å². The predicted molar refractivity (Wildman–Crippen MR) is 118 cm³/mol. The Bertz CT molecular complexity index is 989. The molecule has 0 radical (unpaired) electrons. The number of piperidine rings is 1. The first-order valence-electron chi connectivity index (χ1n) is 10.9. The van der Waals surface area contributed by atoms with E-state index in [9.17, 15) is 4.79 Å². The number of rotatable bonds is 3. The summed E-state index contributed by atoms with van der Waals surface area (Å²) in [5, 5.41) is 9.00. The average Bonchev–Trinajstić information content (AvgIpc) is 3.24. The number of piperazine rings is 1. The summed E-state index contributed by atoms with van der Waals surface area (Å²) in [6, 6.07) is 12.6. The smallest absolute Gasteiger partial charge is 0.255 e. The molecule has 3 aromatic heterocycles. The van der Waals surface area contributed by atoms with E-state index in [0.29, 0.717) is 19.1 Å². The van der Waals surface area contributed by atoms with Crippen LogP contribution >= 0.6 is 0 Å². The van der Waals surface area contributed by atoms with E-state index in [1.54, 1.807) is 0 Å². The molecule has 2 aliphatic heterocycles. The Hall–Kier alpha value is -3.09. The summed E-state index contributed by atoms with van der Waals surface area (Å²) in [6.45, 7) is 6.25. The Kier molecular flexibility index (Phi) is 5.02. The second-order valence-electron chi connectivity index (χ2n) is 8.33. The van der Waals surface area contributed by atoms with Gasteiger partial charge in [-0.15, -0.1) is 10.2 Å². The first-order chi connectivity index (χ1) is 14.7. The van der Waals surface area contributed by atoms with E-state index < -0.39 is 0 Å². The van der Waals surface area contributed by atoms with Crippen LogP contribution in [0.2, 0.25) is 0 Å². The molecule has 3 aromatic rings. The van der Waals surface area contributed by atoms with E-state index in [2.05, 4.69) is 39.1 Å². The lowest BCUT2D eigenvalue weighted by atomic mass is 10.0. The monoisotopic (exact) mass is 404 g/mol. The van der Waals surface area contributed by atoms with Crippen LogP contribution in [-0.2, 0) is 0 Å². The molecular weight excluding hydrogens is 376 g/mol. The standard InChI is InChI=1S/C23H28N6O/c1-18-6-2-5-11-29(18)22-9-8-21(24-25-22)26-12-14-27(15-13-26)23(30)19-16-20-7-3-4-10-28(20)17-19/h3-4,7-10,16-18H,2,5-6,11-15H2,1H3. The summed E-state index contributed by atoms with van der Waals surface area (Å²) in [7, 11) is 0. The number of carbonyl (C=O) groups is 1. The Morgan fingerprint density at radius 2 is 1.77 bits per heavy atom. The first-order valence-corrected chi connectivity index (χ1v) is 10.9. The van der Waals surface area contributed by atoms with Gasteiger partial charge in [-0.3, -0.25) is 4.79 Å². The van der Waals surface area contributed by atoms with E-state index in [4.69, 9.17) is 0 Å². The van der Waals surface area contributed by atoms with Gasteiger partial charge < -0.3 is 19.1 Å². The van der Waals surface area contributed by atoms with Gasteiger partial charge in [0, 0.05) is 56.7 Å². The Morgan fingerprint density at radius 1 is 0.967 bits per heavy atom. The number of hydrogen-bond donors (Lipinski definition) is 0. The first kappa shape index (κ1) is 18.9. The van der Waals surface area contributed by atoms with Crippen LogP contribution in [0.1, 0.15) is 36.5 Å². The number of nitrogens with zero attached hydrogens (tertiary/aromatic N) is 6. The summed E-state index contributed by atoms with van der Waals surface area (Å²) in [5.74, 6) is 1.96. The molecule has 0 N–H and O–H groups in total. The number of amides is 1. The van der Waals surface area contributed by atoms with Crippen LogP contribution < -0.4 is 9.80 Å². The van der Waals surface area contributed by atoms with Crippen molar-refractivity contribution in [3.05, 3.63) is 54.4 Å². The molecule has 0 aliphatic carbocycles. The lowest BCUT2D eigenvalue weighted by Crippen LogP contribution is -2.49. The van der Waals surface area contributed by atoms with E-state index in [1.807, 2.05) is 46.0 Å². The maximum absolute atomic E-state index is 12.9. The molecule has 1 atom stereocenters. The highest BCUT2D eigenvalue weighted by molar-refractivity contribution is 5.95. The lowest BCUT2D eigenvalue weighted by Gasteiger charge is -2.36. The average molecular weight is 405 g/mol. The second-order valence-corrected chi connectivity index (χ2v) is 8.33. The van der Waals surface area contributed by atoms with E-state index in [-0.39, 0.29) is 5.91 Å². The van der Waals surface area contributed by atoms with Crippen LogP contribution in [0.15, 0.2) is 48.8 Å². The molecule has 156 valence electrons. The van der Waals surface area contributed by atoms with Crippen molar-refractivity contribution in [2.45, 2.75) is 32.2 Å². The number of anilines is 2. The minimum atomic E-state index is 0.0962. The van der Waals surface area contributed by atoms with Gasteiger partial charge in [-0.25, -0.2) is 0 Å². The SMILES string of the molecule is CC1CCCCN1c1ccc(N2CCN(C(=O)c3cc4ccccn4c3)CC2)nn1. The van der Waals surface area contributed by atoms with Crippen LogP contribution in [-0.4, -0.2) is 64.2 Å². The molecule has 2 saturated heterocycles. The Labute approximate surface area is 176 Å². The third-order valence-electron chi connectivity index (χ3n) is 6.38. The Morgan fingerprint density at radius 3 is 2.50 bits per heavy atom. The zero-order valence-electron chi connectivity index (χ0n) is 17.4. The summed E-state index contributed by atoms with van der Waals surface area (Å²) in [5.41, 5.74) is 1.78. The van der Waals surface area contributed by atoms with Gasteiger partial charge in [0.2, 0.25) is 0 Å². The largest absolute Gasteiger partial charge is 0.352 e. The predicted octanol–water partition coefficient (Wildman–Crippen LogP) is 3.07. The molecule has 5 rings (SSSR count). The fraction of sp³-hybridized carbons (Fsp3) is 0.435. The molecule has 2 fully saturated rings. The van der Waals surface area contributed by atoms with Crippen LogP contribution in [0.5, 0.6) is 0 Å². The number of hydrogen-bond acceptors (Lipinski definition) is 5. The second kappa shape index (κ2) is 7.97. The van der Waals surface area contributed by atoms with Gasteiger partial charge in [-0.05, 0) is 56.5 Å². The van der Waals surface area contributed by atoms with Crippen LogP contribution in [0.25, 0.3) is 5.52 Å². The highest BCUT2D eigenvalue weighted by atomic mass is 16.2. The van der Waals surface area contributed by atoms with E-state index >= 15 is 0 Å². The van der Waals surface area contributed by atoms with Crippen molar-refractivity contribution < 1.29 is 4.79 Å². The summed E-state index contributed by atoms with van der Waals surface area (Å²) < 4.78 is 1.99. The van der Waals surface area contributed by atoms with Crippen molar-refractivity contribution in [1.29, 1.82) is 0 Å². The van der Waals surface area contributed by atoms with Crippen LogP contribution in [0.4, 0.5) is 11.6 Å². The zero-order chi connectivity index (χ0) is 20.5. The minimum absolute atomic E-state index is 0.0962. The molecule has 7 heteroatoms. The fourth-order valence-electron chi connectivity index (χ4n) is 4.57. The van der Waals surface area contributed by atoms with Crippen molar-refractivity contribution in [2.24, 2.45) is 0 Å². The van der Waals surface area contributed by atoms with E-state index in [1.165, 1.54) is 19.3 Å². The molecule has 1 amide bonds. The molecule has 2 aliphatic rings. The van der Waals surface area contributed by atoms with Crippen LogP contribution in [0, 0.1) is 0 Å². The maximum atomic E-state index is 12.9. The van der Waals surface area contributed by atoms with Gasteiger partial charge in [-0.1, -0.05) is 6.07 Å². The fourth-order valence-corrected chi connectivity index (χ4v) is 4.57. The summed E-state index contributed by atoms with van der Waals surface area (Å²) in [4.78, 5) is 19.4. The third-order valence-corrected chi connectivity index (χ3v) is 6.38. The van der Waals surface area contributed by atoms with Crippen molar-refractivity contribution in [2.75, 3.05) is 42.5 Å². The third kappa shape index (κ3) is 3.60. The maximum Gasteiger partial charge on any atom is 0.255 e. The van der Waals surface area contributed by atoms with Gasteiger partial charge >= 0.3 is 0 Å². The van der Waals surface area contributed by atoms with Gasteiger partial charge in [0.15, 0.2) is 11.6 Å². The topological polar surface area (TPSA) is 57.0 Å². The van der Waals surface area contributed by atoms with Gasteiger partial charge in [0.1, 0.15) is 0 Å². The molecule has 0 bridgehead atoms. The molecule has 0 spiro atoms. The number of aromatic nitrogens is 3. The van der Waals surface area contributed by atoms with Crippen molar-refractivity contribution in [3.8, 4) is 0 Å². The van der Waals surface area contributed by atoms with Gasteiger partial charge in [-0.2, -0.15) is 0 Å². The molecule has 7 nitrogen and oxygen atoms in total. The Balaban J connectivity index is 1.21. The van der Waals surface area contributed by atoms with Gasteiger partial charge in [0.25, 0.3) is 5.91 Å². The number of carbonyl (C=O) groups excluding carboxylic acids is 1. The molecule has 30 heavy (non-hydrogen) atoms. The summed E-state index contributed by atoms with van der Waals surface area (Å²) >= 11 is 0. The zero-order valence-corrected chi connectivity index (χ0v) is 17.4. The molecule has 1 unspecified atom stereocenters. The lowest BCUT2D eigenvalue weighted by molar-refractivity contribution is 0.0746. The number of fused-ring (bicyclic) bond motifs is 1. The highest BCUT2D eigenvalue weighted by Gasteiger charge is 2.25. The molecule has 5 heterocycles. The quantitative estimate of drug-likeness (QED) is 0.672. The van der Waals surface area contributed by atoms with Gasteiger partial charge in [0.05, 0.1) is 5.56 Å². The molecule has 0 aromatic carbocycles. The number of pyridine rings is 1. The van der Waals surface area contributed by atoms with Crippen LogP contribution in [0.3, 0.4) is 0 Å². The molecule has 0 saturated carbocycles. The highest BCUT2D eigenvalue weighted by Crippen LogP contribution is 2.24.